The van der Waals surface area contributed by atoms with Gasteiger partial charge in [0, 0.05) is 18.7 Å². The number of carbonyl (C=O) groups is 1. The molecule has 2 rings (SSSR count). The molecule has 0 saturated heterocycles. The van der Waals surface area contributed by atoms with Crippen LogP contribution in [0.1, 0.15) is 15.9 Å². The lowest BCUT2D eigenvalue weighted by Gasteiger charge is -2.07. The van der Waals surface area contributed by atoms with Gasteiger partial charge in [0.2, 0.25) is 0 Å². The molecule has 0 spiro atoms. The summed E-state index contributed by atoms with van der Waals surface area (Å²) < 4.78 is 18.1. The molecule has 0 aliphatic rings. The third-order valence-corrected chi connectivity index (χ3v) is 3.30. The number of ether oxygens (including phenoxy) is 1. The van der Waals surface area contributed by atoms with Crippen molar-refractivity contribution in [2.75, 3.05) is 13.2 Å². The number of non-ortho nitro benzene ring substituents is 2. The molecule has 0 aliphatic carbocycles. The van der Waals surface area contributed by atoms with Gasteiger partial charge >= 0.3 is 0 Å². The van der Waals surface area contributed by atoms with E-state index in [0.29, 0.717) is 0 Å². The minimum atomic E-state index is -0.810. The number of nitro groups is 2. The smallest absolute Gasteiger partial charge is 0.277 e. The summed E-state index contributed by atoms with van der Waals surface area (Å²) in [7, 11) is 0. The van der Waals surface area contributed by atoms with Crippen molar-refractivity contribution in [3.05, 3.63) is 79.6 Å². The minimum Gasteiger partial charge on any atom is -0.375 e. The molecule has 0 unspecified atom stereocenters. The molecule has 0 bridgehead atoms. The lowest BCUT2D eigenvalue weighted by Crippen LogP contribution is -2.27. The maximum Gasteiger partial charge on any atom is 0.277 e. The van der Waals surface area contributed by atoms with Crippen LogP contribution in [0, 0.1) is 26.0 Å². The van der Waals surface area contributed by atoms with E-state index in [2.05, 4.69) is 5.32 Å². The maximum absolute atomic E-state index is 12.8. The Morgan fingerprint density at radius 3 is 2.15 bits per heavy atom. The Morgan fingerprint density at radius 1 is 1.04 bits per heavy atom. The van der Waals surface area contributed by atoms with E-state index in [0.717, 1.165) is 23.8 Å². The van der Waals surface area contributed by atoms with E-state index in [4.69, 9.17) is 4.74 Å². The maximum atomic E-state index is 12.8. The second-order valence-electron chi connectivity index (χ2n) is 5.19. The molecule has 9 nitrogen and oxygen atoms in total. The Kier molecular flexibility index (Phi) is 6.28. The second-order valence-corrected chi connectivity index (χ2v) is 5.19. The Morgan fingerprint density at radius 2 is 1.62 bits per heavy atom. The Hall–Kier alpha value is -3.40. The minimum absolute atomic E-state index is 0.0938. The van der Waals surface area contributed by atoms with Crippen LogP contribution in [0.15, 0.2) is 42.5 Å². The van der Waals surface area contributed by atoms with Crippen LogP contribution < -0.4 is 5.32 Å². The van der Waals surface area contributed by atoms with E-state index in [1.807, 2.05) is 0 Å². The first-order valence-corrected chi connectivity index (χ1v) is 7.41. The van der Waals surface area contributed by atoms with E-state index < -0.39 is 27.1 Å². The molecule has 10 heteroatoms. The zero-order chi connectivity index (χ0) is 19.1. The molecule has 0 fully saturated rings. The van der Waals surface area contributed by atoms with Crippen molar-refractivity contribution in [1.82, 2.24) is 5.32 Å². The number of benzene rings is 2. The number of nitrogens with one attached hydrogen (secondary N) is 1. The molecule has 0 saturated carbocycles. The first-order valence-electron chi connectivity index (χ1n) is 7.41. The van der Waals surface area contributed by atoms with Crippen molar-refractivity contribution in [2.45, 2.75) is 6.61 Å². The lowest BCUT2D eigenvalue weighted by atomic mass is 10.1. The summed E-state index contributed by atoms with van der Waals surface area (Å²) in [5.74, 6) is -1.05. The molecule has 0 aliphatic heterocycles. The fraction of sp³-hybridized carbons (Fsp3) is 0.188. The third kappa shape index (κ3) is 5.31. The highest BCUT2D eigenvalue weighted by atomic mass is 19.1. The van der Waals surface area contributed by atoms with E-state index in [1.54, 1.807) is 12.1 Å². The summed E-state index contributed by atoms with van der Waals surface area (Å²) in [4.78, 5) is 32.0. The van der Waals surface area contributed by atoms with Gasteiger partial charge in [0.1, 0.15) is 5.82 Å². The first kappa shape index (κ1) is 18.9. The predicted octanol–water partition coefficient (Wildman–Crippen LogP) is 2.59. The summed E-state index contributed by atoms with van der Waals surface area (Å²) in [6.07, 6.45) is 0. The molecule has 2 aromatic rings. The van der Waals surface area contributed by atoms with Gasteiger partial charge in [0.15, 0.2) is 0 Å². The van der Waals surface area contributed by atoms with Crippen LogP contribution in [0.2, 0.25) is 0 Å². The zero-order valence-corrected chi connectivity index (χ0v) is 13.4. The van der Waals surface area contributed by atoms with Gasteiger partial charge in [-0.2, -0.15) is 0 Å². The van der Waals surface area contributed by atoms with Crippen LogP contribution in [-0.2, 0) is 11.3 Å². The van der Waals surface area contributed by atoms with E-state index in [1.165, 1.54) is 12.1 Å². The van der Waals surface area contributed by atoms with Crippen molar-refractivity contribution >= 4 is 17.3 Å². The van der Waals surface area contributed by atoms with Crippen LogP contribution in [0.3, 0.4) is 0 Å². The van der Waals surface area contributed by atoms with Gasteiger partial charge in [-0.05, 0) is 17.7 Å². The number of amides is 1. The quantitative estimate of drug-likeness (QED) is 0.437. The largest absolute Gasteiger partial charge is 0.375 e. The molecule has 1 N–H and O–H groups in total. The highest BCUT2D eigenvalue weighted by molar-refractivity contribution is 5.95. The number of halogens is 1. The number of hydrogen-bond acceptors (Lipinski definition) is 6. The summed E-state index contributed by atoms with van der Waals surface area (Å²) >= 11 is 0. The number of nitrogens with zero attached hydrogens (tertiary/aromatic N) is 2. The van der Waals surface area contributed by atoms with Gasteiger partial charge < -0.3 is 10.1 Å². The molecule has 1 amide bonds. The molecule has 0 heterocycles. The Balaban J connectivity index is 1.88. The van der Waals surface area contributed by atoms with Crippen molar-refractivity contribution in [3.63, 3.8) is 0 Å². The predicted molar refractivity (Wildman–Crippen MR) is 88.1 cm³/mol. The van der Waals surface area contributed by atoms with Crippen molar-refractivity contribution < 1.29 is 23.8 Å². The van der Waals surface area contributed by atoms with Crippen molar-refractivity contribution in [2.24, 2.45) is 0 Å². The van der Waals surface area contributed by atoms with Gasteiger partial charge in [-0.15, -0.1) is 0 Å². The highest BCUT2D eigenvalue weighted by Crippen LogP contribution is 2.22. The SMILES string of the molecule is O=C(NCCOCc1ccc(F)cc1)c1cc([N+](=O)[O-])cc([N+](=O)[O-])c1. The number of rotatable bonds is 8. The fourth-order valence-corrected chi connectivity index (χ4v) is 2.05. The molecule has 26 heavy (non-hydrogen) atoms. The van der Waals surface area contributed by atoms with Gasteiger partial charge in [-0.1, -0.05) is 12.1 Å². The van der Waals surface area contributed by atoms with Crippen LogP contribution in [0.25, 0.3) is 0 Å². The average molecular weight is 363 g/mol. The summed E-state index contributed by atoms with van der Waals surface area (Å²) in [5.41, 5.74) is -0.523. The average Bonchev–Trinajstić information content (AvgIpc) is 2.62. The second kappa shape index (κ2) is 8.62. The molecule has 136 valence electrons. The Bertz CT molecular complexity index is 793. The molecular weight excluding hydrogens is 349 g/mol. The monoisotopic (exact) mass is 363 g/mol. The number of hydrogen-bond donors (Lipinski definition) is 1. The summed E-state index contributed by atoms with van der Waals surface area (Å²) in [6, 6.07) is 8.43. The lowest BCUT2D eigenvalue weighted by molar-refractivity contribution is -0.394. The van der Waals surface area contributed by atoms with Crippen LogP contribution >= 0.6 is 0 Å². The molecule has 0 aromatic heterocycles. The molecule has 0 atom stereocenters. The summed E-state index contributed by atoms with van der Waals surface area (Å²) in [6.45, 7) is 0.453. The highest BCUT2D eigenvalue weighted by Gasteiger charge is 2.19. The molecule has 0 radical (unpaired) electrons. The van der Waals surface area contributed by atoms with Crippen LogP contribution in [0.4, 0.5) is 15.8 Å². The van der Waals surface area contributed by atoms with E-state index in [9.17, 15) is 29.4 Å². The number of nitro benzene ring substituents is 2. The van der Waals surface area contributed by atoms with E-state index >= 15 is 0 Å². The zero-order valence-electron chi connectivity index (χ0n) is 13.4. The standard InChI is InChI=1S/C16H14FN3O6/c17-13-3-1-11(2-4-13)10-26-6-5-18-16(21)12-7-14(19(22)23)9-15(8-12)20(24)25/h1-4,7-9H,5-6,10H2,(H,18,21). The van der Waals surface area contributed by atoms with Gasteiger partial charge in [-0.25, -0.2) is 4.39 Å². The fourth-order valence-electron chi connectivity index (χ4n) is 2.05. The summed E-state index contributed by atoms with van der Waals surface area (Å²) in [5, 5.41) is 24.1. The van der Waals surface area contributed by atoms with Gasteiger partial charge in [0.25, 0.3) is 17.3 Å². The third-order valence-electron chi connectivity index (χ3n) is 3.30. The Labute approximate surface area is 146 Å². The normalized spacial score (nSPS) is 10.3. The van der Waals surface area contributed by atoms with Crippen molar-refractivity contribution in [1.29, 1.82) is 0 Å². The van der Waals surface area contributed by atoms with Gasteiger partial charge in [0.05, 0.1) is 34.7 Å². The molecule has 2 aromatic carbocycles. The first-order chi connectivity index (χ1) is 12.4. The van der Waals surface area contributed by atoms with Crippen molar-refractivity contribution in [3.8, 4) is 0 Å². The molecular formula is C16H14FN3O6. The number of carbonyl (C=O) groups excluding carboxylic acids is 1. The van der Waals surface area contributed by atoms with Gasteiger partial charge in [-0.3, -0.25) is 25.0 Å². The van der Waals surface area contributed by atoms with E-state index in [-0.39, 0.29) is 31.1 Å². The topological polar surface area (TPSA) is 125 Å². The van der Waals surface area contributed by atoms with Crippen LogP contribution in [-0.4, -0.2) is 28.9 Å². The van der Waals surface area contributed by atoms with Crippen LogP contribution in [0.5, 0.6) is 0 Å².